The molecule has 6 heteroatoms. The Labute approximate surface area is 142 Å². The number of benzene rings is 1. The number of aromatic nitrogens is 2. The van der Waals surface area contributed by atoms with Crippen LogP contribution in [0.15, 0.2) is 36.4 Å². The molecule has 1 aliphatic rings. The largest absolute Gasteiger partial charge is 0.336 e. The minimum Gasteiger partial charge on any atom is -0.336 e. The SMILES string of the molecule is Cc1cc(NC(=O)NCC(c2ccccc2)N2CCCC2)n(C)n1. The fraction of sp³-hybridized carbons (Fsp3) is 0.444. The van der Waals surface area contributed by atoms with Crippen molar-refractivity contribution in [2.24, 2.45) is 7.05 Å². The van der Waals surface area contributed by atoms with Crippen LogP contribution < -0.4 is 10.6 Å². The molecule has 0 aliphatic carbocycles. The van der Waals surface area contributed by atoms with E-state index in [9.17, 15) is 4.79 Å². The van der Waals surface area contributed by atoms with Gasteiger partial charge in [0, 0.05) is 19.7 Å². The van der Waals surface area contributed by atoms with Crippen LogP contribution in [-0.2, 0) is 7.05 Å². The first kappa shape index (κ1) is 16.5. The first-order valence-electron chi connectivity index (χ1n) is 8.48. The maximum atomic E-state index is 12.2. The van der Waals surface area contributed by atoms with Crippen molar-refractivity contribution in [2.45, 2.75) is 25.8 Å². The van der Waals surface area contributed by atoms with E-state index in [1.807, 2.05) is 26.1 Å². The molecule has 0 bridgehead atoms. The van der Waals surface area contributed by atoms with Gasteiger partial charge in [0.15, 0.2) is 0 Å². The van der Waals surface area contributed by atoms with Crippen LogP contribution in [0.3, 0.4) is 0 Å². The van der Waals surface area contributed by atoms with E-state index in [0.29, 0.717) is 12.4 Å². The van der Waals surface area contributed by atoms with E-state index in [1.54, 1.807) is 4.68 Å². The van der Waals surface area contributed by atoms with E-state index in [-0.39, 0.29) is 12.1 Å². The number of carbonyl (C=O) groups is 1. The molecule has 1 unspecified atom stereocenters. The van der Waals surface area contributed by atoms with Crippen LogP contribution >= 0.6 is 0 Å². The molecule has 24 heavy (non-hydrogen) atoms. The first-order valence-corrected chi connectivity index (χ1v) is 8.48. The zero-order valence-electron chi connectivity index (χ0n) is 14.3. The number of nitrogens with zero attached hydrogens (tertiary/aromatic N) is 3. The second kappa shape index (κ2) is 7.49. The van der Waals surface area contributed by atoms with Gasteiger partial charge < -0.3 is 5.32 Å². The molecule has 2 amide bonds. The van der Waals surface area contributed by atoms with Crippen LogP contribution in [0, 0.1) is 6.92 Å². The Kier molecular flexibility index (Phi) is 5.15. The van der Waals surface area contributed by atoms with Gasteiger partial charge in [-0.05, 0) is 38.4 Å². The zero-order chi connectivity index (χ0) is 16.9. The average molecular weight is 327 g/mol. The molecule has 1 fully saturated rings. The summed E-state index contributed by atoms with van der Waals surface area (Å²) in [6.45, 7) is 4.67. The highest BCUT2D eigenvalue weighted by Gasteiger charge is 2.23. The summed E-state index contributed by atoms with van der Waals surface area (Å²) >= 11 is 0. The molecule has 6 nitrogen and oxygen atoms in total. The molecular formula is C18H25N5O. The summed E-state index contributed by atoms with van der Waals surface area (Å²) in [5, 5.41) is 10.1. The van der Waals surface area contributed by atoms with Gasteiger partial charge in [-0.1, -0.05) is 30.3 Å². The van der Waals surface area contributed by atoms with Crippen molar-refractivity contribution in [3.05, 3.63) is 47.7 Å². The van der Waals surface area contributed by atoms with Crippen molar-refractivity contribution in [3.8, 4) is 0 Å². The Bertz CT molecular complexity index is 676. The van der Waals surface area contributed by atoms with Crippen LogP contribution in [0.5, 0.6) is 0 Å². The number of urea groups is 1. The summed E-state index contributed by atoms with van der Waals surface area (Å²) in [5.74, 6) is 0.697. The minimum atomic E-state index is -0.196. The van der Waals surface area contributed by atoms with Gasteiger partial charge in [0.05, 0.1) is 11.7 Å². The lowest BCUT2D eigenvalue weighted by atomic mass is 10.1. The minimum absolute atomic E-state index is 0.196. The second-order valence-corrected chi connectivity index (χ2v) is 6.30. The standard InChI is InChI=1S/C18H25N5O/c1-14-12-17(22(2)21-14)20-18(24)19-13-16(23-10-6-7-11-23)15-8-4-3-5-9-15/h3-5,8-9,12,16H,6-7,10-11,13H2,1-2H3,(H2,19,20,24). The van der Waals surface area contributed by atoms with Crippen molar-refractivity contribution in [2.75, 3.05) is 25.0 Å². The maximum absolute atomic E-state index is 12.2. The van der Waals surface area contributed by atoms with E-state index in [4.69, 9.17) is 0 Å². The number of carbonyl (C=O) groups excluding carboxylic acids is 1. The highest BCUT2D eigenvalue weighted by Crippen LogP contribution is 2.24. The molecule has 0 radical (unpaired) electrons. The van der Waals surface area contributed by atoms with Crippen LogP contribution in [-0.4, -0.2) is 40.3 Å². The smallest absolute Gasteiger partial charge is 0.320 e. The number of rotatable bonds is 5. The molecule has 1 atom stereocenters. The Balaban J connectivity index is 1.62. The third kappa shape index (κ3) is 3.94. The third-order valence-corrected chi connectivity index (χ3v) is 4.47. The van der Waals surface area contributed by atoms with Crippen LogP contribution in [0.1, 0.15) is 30.1 Å². The quantitative estimate of drug-likeness (QED) is 0.887. The van der Waals surface area contributed by atoms with Crippen molar-refractivity contribution in [1.82, 2.24) is 20.0 Å². The molecular weight excluding hydrogens is 302 g/mol. The molecule has 0 spiro atoms. The van der Waals surface area contributed by atoms with Crippen molar-refractivity contribution < 1.29 is 4.79 Å². The van der Waals surface area contributed by atoms with Crippen LogP contribution in [0.4, 0.5) is 10.6 Å². The van der Waals surface area contributed by atoms with Gasteiger partial charge in [0.25, 0.3) is 0 Å². The topological polar surface area (TPSA) is 62.2 Å². The van der Waals surface area contributed by atoms with Gasteiger partial charge in [-0.15, -0.1) is 0 Å². The van der Waals surface area contributed by atoms with E-state index in [1.165, 1.54) is 18.4 Å². The number of hydrogen-bond donors (Lipinski definition) is 2. The van der Waals surface area contributed by atoms with Gasteiger partial charge in [0.1, 0.15) is 5.82 Å². The van der Waals surface area contributed by atoms with E-state index in [0.717, 1.165) is 18.8 Å². The second-order valence-electron chi connectivity index (χ2n) is 6.30. The highest BCUT2D eigenvalue weighted by atomic mass is 16.2. The van der Waals surface area contributed by atoms with E-state index < -0.39 is 0 Å². The molecule has 1 aromatic heterocycles. The summed E-state index contributed by atoms with van der Waals surface area (Å²) in [4.78, 5) is 14.7. The number of amides is 2. The number of likely N-dealkylation sites (tertiary alicyclic amines) is 1. The molecule has 2 N–H and O–H groups in total. The van der Waals surface area contributed by atoms with Crippen molar-refractivity contribution in [1.29, 1.82) is 0 Å². The molecule has 128 valence electrons. The molecule has 3 rings (SSSR count). The lowest BCUT2D eigenvalue weighted by Gasteiger charge is -2.28. The van der Waals surface area contributed by atoms with Crippen molar-refractivity contribution in [3.63, 3.8) is 0 Å². The summed E-state index contributed by atoms with van der Waals surface area (Å²) in [7, 11) is 1.82. The average Bonchev–Trinajstić information content (AvgIpc) is 3.19. The van der Waals surface area contributed by atoms with Gasteiger partial charge in [-0.2, -0.15) is 5.10 Å². The van der Waals surface area contributed by atoms with Gasteiger partial charge in [-0.3, -0.25) is 14.9 Å². The molecule has 2 heterocycles. The third-order valence-electron chi connectivity index (χ3n) is 4.47. The summed E-state index contributed by atoms with van der Waals surface area (Å²) in [5.41, 5.74) is 2.13. The van der Waals surface area contributed by atoms with Gasteiger partial charge in [0.2, 0.25) is 0 Å². The predicted octanol–water partition coefficient (Wildman–Crippen LogP) is 2.69. The normalized spacial score (nSPS) is 16.1. The van der Waals surface area contributed by atoms with Crippen molar-refractivity contribution >= 4 is 11.8 Å². The fourth-order valence-corrected chi connectivity index (χ4v) is 3.26. The molecule has 1 aromatic carbocycles. The summed E-state index contributed by atoms with van der Waals surface area (Å²) < 4.78 is 1.67. The number of aryl methyl sites for hydroxylation is 2. The molecule has 0 saturated carbocycles. The Morgan fingerprint density at radius 3 is 2.58 bits per heavy atom. The molecule has 1 aliphatic heterocycles. The Hall–Kier alpha value is -2.34. The number of anilines is 1. The maximum Gasteiger partial charge on any atom is 0.320 e. The van der Waals surface area contributed by atoms with Crippen LogP contribution in [0.25, 0.3) is 0 Å². The zero-order valence-corrected chi connectivity index (χ0v) is 14.3. The Morgan fingerprint density at radius 1 is 1.25 bits per heavy atom. The lowest BCUT2D eigenvalue weighted by molar-refractivity contribution is 0.227. The van der Waals surface area contributed by atoms with Gasteiger partial charge >= 0.3 is 6.03 Å². The van der Waals surface area contributed by atoms with E-state index in [2.05, 4.69) is 44.9 Å². The van der Waals surface area contributed by atoms with Gasteiger partial charge in [-0.25, -0.2) is 4.79 Å². The summed E-state index contributed by atoms with van der Waals surface area (Å²) in [6.07, 6.45) is 2.45. The fourth-order valence-electron chi connectivity index (χ4n) is 3.26. The first-order chi connectivity index (χ1) is 11.6. The number of nitrogens with one attached hydrogen (secondary N) is 2. The predicted molar refractivity (Wildman–Crippen MR) is 95.0 cm³/mol. The summed E-state index contributed by atoms with van der Waals surface area (Å²) in [6, 6.07) is 12.3. The van der Waals surface area contributed by atoms with Crippen LogP contribution in [0.2, 0.25) is 0 Å². The van der Waals surface area contributed by atoms with E-state index >= 15 is 0 Å². The monoisotopic (exact) mass is 327 g/mol. The molecule has 1 saturated heterocycles. The highest BCUT2D eigenvalue weighted by molar-refractivity contribution is 5.88. The Morgan fingerprint density at radius 2 is 1.96 bits per heavy atom. The lowest BCUT2D eigenvalue weighted by Crippen LogP contribution is -2.38. The molecule has 2 aromatic rings. The number of hydrogen-bond acceptors (Lipinski definition) is 3.